The number of nitrogens with one attached hydrogen (secondary N) is 1. The van der Waals surface area contributed by atoms with Crippen molar-refractivity contribution in [2.75, 3.05) is 12.4 Å². The molecule has 0 rings (SSSR count). The highest BCUT2D eigenvalue weighted by Gasteiger charge is 2.04. The van der Waals surface area contributed by atoms with Crippen LogP contribution in [0.5, 0.6) is 0 Å². The van der Waals surface area contributed by atoms with E-state index in [1.165, 1.54) is 11.8 Å². The molecule has 1 amide bonds. The molecule has 1 unspecified atom stereocenters. The first-order valence-corrected chi connectivity index (χ1v) is 4.47. The van der Waals surface area contributed by atoms with E-state index >= 15 is 0 Å². The molecule has 0 heterocycles. The van der Waals surface area contributed by atoms with Gasteiger partial charge in [0, 0.05) is 11.9 Å². The lowest BCUT2D eigenvalue weighted by molar-refractivity contribution is -0.118. The zero-order valence-corrected chi connectivity index (χ0v) is 7.36. The summed E-state index contributed by atoms with van der Waals surface area (Å²) in [6, 6.07) is 0. The quantitative estimate of drug-likeness (QED) is 0.301. The van der Waals surface area contributed by atoms with Crippen molar-refractivity contribution in [3.05, 3.63) is 0 Å². The highest BCUT2D eigenvalue weighted by atomic mass is 32.2. The topological polar surface area (TPSA) is 75.3 Å². The van der Waals surface area contributed by atoms with E-state index in [0.29, 0.717) is 17.4 Å². The molecule has 0 saturated carbocycles. The first-order chi connectivity index (χ1) is 5.20. The minimum Gasteiger partial charge on any atom is -0.396 e. The van der Waals surface area contributed by atoms with Crippen LogP contribution in [-0.4, -0.2) is 28.6 Å². The van der Waals surface area contributed by atoms with Gasteiger partial charge in [-0.05, 0) is 6.42 Å². The second-order valence-corrected chi connectivity index (χ2v) is 3.63. The molecule has 0 aliphatic rings. The van der Waals surface area contributed by atoms with Gasteiger partial charge in [0.25, 0.3) is 0 Å². The lowest BCUT2D eigenvalue weighted by atomic mass is 10.3. The van der Waals surface area contributed by atoms with Crippen LogP contribution in [0.15, 0.2) is 0 Å². The fourth-order valence-electron chi connectivity index (χ4n) is 0.525. The van der Waals surface area contributed by atoms with Crippen LogP contribution >= 0.6 is 11.8 Å². The molecule has 0 spiro atoms. The van der Waals surface area contributed by atoms with E-state index in [9.17, 15) is 4.79 Å². The number of aliphatic hydroxyl groups is 1. The average Bonchev–Trinajstić information content (AvgIpc) is 2.01. The molecule has 0 saturated heterocycles. The number of carbonyl (C=O) groups excluding carboxylic acids is 1. The molecule has 5 heteroatoms. The van der Waals surface area contributed by atoms with Crippen LogP contribution in [0, 0.1) is 0 Å². The highest BCUT2D eigenvalue weighted by Crippen LogP contribution is 2.12. The molecule has 66 valence electrons. The van der Waals surface area contributed by atoms with E-state index in [1.807, 2.05) is 12.3 Å². The maximum atomic E-state index is 10.6. The summed E-state index contributed by atoms with van der Waals surface area (Å²) >= 11 is 1.48. The minimum atomic E-state index is -0.181. The lowest BCUT2D eigenvalue weighted by Gasteiger charge is -2.07. The van der Waals surface area contributed by atoms with Crippen molar-refractivity contribution >= 4 is 17.7 Å². The van der Waals surface area contributed by atoms with Crippen molar-refractivity contribution in [2.24, 2.45) is 5.84 Å². The average molecular weight is 178 g/mol. The van der Waals surface area contributed by atoms with E-state index in [2.05, 4.69) is 0 Å². The van der Waals surface area contributed by atoms with Crippen LogP contribution in [-0.2, 0) is 4.79 Å². The molecule has 4 nitrogen and oxygen atoms in total. The number of nitrogens with two attached hydrogens (primary N) is 1. The molecule has 0 aliphatic heterocycles. The predicted molar refractivity (Wildman–Crippen MR) is 46.0 cm³/mol. The SMILES string of the molecule is CC(CCO)SCC(=O)NN. The van der Waals surface area contributed by atoms with Gasteiger partial charge in [-0.3, -0.25) is 10.2 Å². The van der Waals surface area contributed by atoms with Gasteiger partial charge in [-0.2, -0.15) is 0 Å². The zero-order chi connectivity index (χ0) is 8.69. The number of aliphatic hydroxyl groups excluding tert-OH is 1. The van der Waals surface area contributed by atoms with Crippen molar-refractivity contribution < 1.29 is 9.90 Å². The van der Waals surface area contributed by atoms with Gasteiger partial charge in [0.05, 0.1) is 5.75 Å². The second kappa shape index (κ2) is 6.45. The fourth-order valence-corrected chi connectivity index (χ4v) is 1.32. The number of thioether (sulfide) groups is 1. The summed E-state index contributed by atoms with van der Waals surface area (Å²) in [7, 11) is 0. The van der Waals surface area contributed by atoms with Crippen LogP contribution in [0.1, 0.15) is 13.3 Å². The Morgan fingerprint density at radius 2 is 2.45 bits per heavy atom. The molecule has 0 aromatic carbocycles. The molecule has 0 radical (unpaired) electrons. The number of carbonyl (C=O) groups is 1. The summed E-state index contributed by atoms with van der Waals surface area (Å²) < 4.78 is 0. The lowest BCUT2D eigenvalue weighted by Crippen LogP contribution is -2.32. The number of hydrogen-bond acceptors (Lipinski definition) is 4. The summed E-state index contributed by atoms with van der Waals surface area (Å²) in [5, 5.41) is 8.82. The van der Waals surface area contributed by atoms with E-state index in [0.717, 1.165) is 0 Å². The van der Waals surface area contributed by atoms with Crippen LogP contribution in [0.3, 0.4) is 0 Å². The van der Waals surface area contributed by atoms with Crippen molar-refractivity contribution in [2.45, 2.75) is 18.6 Å². The molecule has 0 fully saturated rings. The van der Waals surface area contributed by atoms with Crippen molar-refractivity contribution in [3.63, 3.8) is 0 Å². The summed E-state index contributed by atoms with van der Waals surface area (Å²) in [6.45, 7) is 2.13. The zero-order valence-electron chi connectivity index (χ0n) is 6.54. The Hall–Kier alpha value is -0.260. The Morgan fingerprint density at radius 1 is 1.82 bits per heavy atom. The monoisotopic (exact) mass is 178 g/mol. The molecular weight excluding hydrogens is 164 g/mol. The second-order valence-electron chi connectivity index (χ2n) is 2.20. The maximum Gasteiger partial charge on any atom is 0.243 e. The van der Waals surface area contributed by atoms with Gasteiger partial charge in [-0.15, -0.1) is 11.8 Å². The fraction of sp³-hybridized carbons (Fsp3) is 0.833. The smallest absolute Gasteiger partial charge is 0.243 e. The van der Waals surface area contributed by atoms with Gasteiger partial charge in [0.1, 0.15) is 0 Å². The third-order valence-electron chi connectivity index (χ3n) is 1.20. The Kier molecular flexibility index (Phi) is 6.30. The van der Waals surface area contributed by atoms with Gasteiger partial charge < -0.3 is 5.11 Å². The molecule has 1 atom stereocenters. The van der Waals surface area contributed by atoms with E-state index in [-0.39, 0.29) is 12.5 Å². The summed E-state index contributed by atoms with van der Waals surface area (Å²) in [5.74, 6) is 5.05. The Morgan fingerprint density at radius 3 is 2.91 bits per heavy atom. The molecule has 0 aromatic heterocycles. The van der Waals surface area contributed by atoms with Crippen molar-refractivity contribution in [3.8, 4) is 0 Å². The summed E-state index contributed by atoms with van der Waals surface area (Å²) in [6.07, 6.45) is 0.711. The first kappa shape index (κ1) is 10.7. The normalized spacial score (nSPS) is 12.6. The first-order valence-electron chi connectivity index (χ1n) is 3.42. The van der Waals surface area contributed by atoms with Gasteiger partial charge in [-0.1, -0.05) is 6.92 Å². The third kappa shape index (κ3) is 6.15. The van der Waals surface area contributed by atoms with Crippen molar-refractivity contribution in [1.82, 2.24) is 5.43 Å². The largest absolute Gasteiger partial charge is 0.396 e. The number of amides is 1. The minimum absolute atomic E-state index is 0.165. The third-order valence-corrected chi connectivity index (χ3v) is 2.43. The highest BCUT2D eigenvalue weighted by molar-refractivity contribution is 8.00. The molecule has 0 aromatic rings. The van der Waals surface area contributed by atoms with Gasteiger partial charge >= 0.3 is 0 Å². The molecule has 0 bridgehead atoms. The van der Waals surface area contributed by atoms with Crippen LogP contribution < -0.4 is 11.3 Å². The van der Waals surface area contributed by atoms with Gasteiger partial charge in [0.15, 0.2) is 0 Å². The van der Waals surface area contributed by atoms with Crippen LogP contribution in [0.4, 0.5) is 0 Å². The summed E-state index contributed by atoms with van der Waals surface area (Å²) in [5.41, 5.74) is 2.04. The number of hydrogen-bond donors (Lipinski definition) is 3. The van der Waals surface area contributed by atoms with E-state index in [1.54, 1.807) is 0 Å². The molecule has 0 aliphatic carbocycles. The van der Waals surface area contributed by atoms with Crippen LogP contribution in [0.2, 0.25) is 0 Å². The summed E-state index contributed by atoms with van der Waals surface area (Å²) in [4.78, 5) is 10.6. The molecule has 11 heavy (non-hydrogen) atoms. The number of hydrazine groups is 1. The Labute approximate surface area is 70.5 Å². The van der Waals surface area contributed by atoms with Crippen LogP contribution in [0.25, 0.3) is 0 Å². The Bertz CT molecular complexity index is 121. The van der Waals surface area contributed by atoms with Crippen molar-refractivity contribution in [1.29, 1.82) is 0 Å². The van der Waals surface area contributed by atoms with E-state index < -0.39 is 0 Å². The van der Waals surface area contributed by atoms with Gasteiger partial charge in [-0.25, -0.2) is 5.84 Å². The maximum absolute atomic E-state index is 10.6. The predicted octanol–water partition coefficient (Wildman–Crippen LogP) is -0.520. The molecule has 4 N–H and O–H groups in total. The molecular formula is C6H14N2O2S. The number of rotatable bonds is 5. The van der Waals surface area contributed by atoms with Gasteiger partial charge in [0.2, 0.25) is 5.91 Å². The Balaban J connectivity index is 3.29. The standard InChI is InChI=1S/C6H14N2O2S/c1-5(2-3-9)11-4-6(10)8-7/h5,9H,2-4,7H2,1H3,(H,8,10). The van der Waals surface area contributed by atoms with E-state index in [4.69, 9.17) is 10.9 Å².